The van der Waals surface area contributed by atoms with Gasteiger partial charge in [0.05, 0.1) is 19.9 Å². The third-order valence-electron chi connectivity index (χ3n) is 6.26. The lowest BCUT2D eigenvalue weighted by Crippen LogP contribution is -2.52. The molecule has 1 aliphatic rings. The highest BCUT2D eigenvalue weighted by Crippen LogP contribution is 2.32. The number of anilines is 2. The van der Waals surface area contributed by atoms with Gasteiger partial charge in [0.1, 0.15) is 22.9 Å². The molecule has 8 nitrogen and oxygen atoms in total. The molecule has 190 valence electrons. The fourth-order valence-electron chi connectivity index (χ4n) is 4.26. The quantitative estimate of drug-likeness (QED) is 0.462. The Balaban J connectivity index is 1.62. The maximum absolute atomic E-state index is 13.9. The molecule has 0 bridgehead atoms. The van der Waals surface area contributed by atoms with Crippen LogP contribution in [0.1, 0.15) is 5.56 Å². The van der Waals surface area contributed by atoms with Gasteiger partial charge >= 0.3 is 0 Å². The van der Waals surface area contributed by atoms with E-state index in [0.717, 1.165) is 15.6 Å². The SMILES string of the molecule is COc1cccc(N(CC(=O)N2CCN(c3ccccc3)CC2)S(=O)(=O)c2cc(C)ccc2OC)c1. The van der Waals surface area contributed by atoms with Crippen molar-refractivity contribution in [3.8, 4) is 11.5 Å². The molecule has 0 aromatic heterocycles. The van der Waals surface area contributed by atoms with E-state index in [4.69, 9.17) is 9.47 Å². The average molecular weight is 510 g/mol. The Morgan fingerprint density at radius 2 is 1.61 bits per heavy atom. The second kappa shape index (κ2) is 10.9. The fraction of sp³-hybridized carbons (Fsp3) is 0.296. The molecule has 0 radical (unpaired) electrons. The topological polar surface area (TPSA) is 79.4 Å². The third kappa shape index (κ3) is 5.41. The van der Waals surface area contributed by atoms with Gasteiger partial charge in [0, 0.05) is 37.9 Å². The van der Waals surface area contributed by atoms with E-state index < -0.39 is 10.0 Å². The monoisotopic (exact) mass is 509 g/mol. The van der Waals surface area contributed by atoms with Crippen LogP contribution in [0.4, 0.5) is 11.4 Å². The lowest BCUT2D eigenvalue weighted by atomic mass is 10.2. The van der Waals surface area contributed by atoms with Crippen molar-refractivity contribution in [1.82, 2.24) is 4.90 Å². The van der Waals surface area contributed by atoms with Crippen molar-refractivity contribution in [1.29, 1.82) is 0 Å². The molecular weight excluding hydrogens is 478 g/mol. The summed E-state index contributed by atoms with van der Waals surface area (Å²) in [6, 6.07) is 21.7. The van der Waals surface area contributed by atoms with Crippen molar-refractivity contribution in [3.05, 3.63) is 78.4 Å². The molecule has 1 heterocycles. The highest BCUT2D eigenvalue weighted by molar-refractivity contribution is 7.93. The van der Waals surface area contributed by atoms with E-state index in [9.17, 15) is 13.2 Å². The van der Waals surface area contributed by atoms with E-state index in [1.165, 1.54) is 14.2 Å². The number of sulfonamides is 1. The van der Waals surface area contributed by atoms with E-state index in [1.54, 1.807) is 47.4 Å². The molecule has 1 fully saturated rings. The Hall–Kier alpha value is -3.72. The van der Waals surface area contributed by atoms with Gasteiger partial charge in [-0.3, -0.25) is 9.10 Å². The number of ether oxygens (including phenoxy) is 2. The first-order valence-electron chi connectivity index (χ1n) is 11.7. The molecular formula is C27H31N3O5S. The molecule has 1 saturated heterocycles. The predicted octanol–water partition coefficient (Wildman–Crippen LogP) is 3.56. The summed E-state index contributed by atoms with van der Waals surface area (Å²) >= 11 is 0. The van der Waals surface area contributed by atoms with E-state index in [0.29, 0.717) is 37.6 Å². The van der Waals surface area contributed by atoms with Gasteiger partial charge in [-0.05, 0) is 48.9 Å². The normalized spacial score (nSPS) is 13.9. The van der Waals surface area contributed by atoms with Crippen molar-refractivity contribution in [3.63, 3.8) is 0 Å². The first kappa shape index (κ1) is 25.4. The zero-order valence-corrected chi connectivity index (χ0v) is 21.6. The van der Waals surface area contributed by atoms with Gasteiger partial charge in [0.2, 0.25) is 5.91 Å². The number of benzene rings is 3. The van der Waals surface area contributed by atoms with Crippen molar-refractivity contribution < 1.29 is 22.7 Å². The minimum absolute atomic E-state index is 0.00881. The highest BCUT2D eigenvalue weighted by atomic mass is 32.2. The number of aryl methyl sites for hydroxylation is 1. The van der Waals surface area contributed by atoms with Crippen molar-refractivity contribution in [2.45, 2.75) is 11.8 Å². The number of nitrogens with zero attached hydrogens (tertiary/aromatic N) is 3. The van der Waals surface area contributed by atoms with E-state index >= 15 is 0 Å². The molecule has 4 rings (SSSR count). The standard InChI is InChI=1S/C27H31N3O5S/c1-21-12-13-25(35-3)26(18-21)36(32,33)30(23-10-7-11-24(19-23)34-2)20-27(31)29-16-14-28(15-17-29)22-8-5-4-6-9-22/h4-13,18-19H,14-17,20H2,1-3H3. The zero-order valence-electron chi connectivity index (χ0n) is 20.8. The molecule has 0 atom stereocenters. The third-order valence-corrected chi connectivity index (χ3v) is 8.06. The van der Waals surface area contributed by atoms with Crippen LogP contribution in [0.5, 0.6) is 11.5 Å². The number of rotatable bonds is 8. The van der Waals surface area contributed by atoms with Crippen LogP contribution in [-0.4, -0.2) is 66.2 Å². The highest BCUT2D eigenvalue weighted by Gasteiger charge is 2.32. The summed E-state index contributed by atoms with van der Waals surface area (Å²) in [5, 5.41) is 0. The molecule has 0 saturated carbocycles. The van der Waals surface area contributed by atoms with Gasteiger partial charge in [-0.1, -0.05) is 30.3 Å². The lowest BCUT2D eigenvalue weighted by Gasteiger charge is -2.37. The molecule has 1 aliphatic heterocycles. The minimum atomic E-state index is -4.14. The van der Waals surface area contributed by atoms with Crippen LogP contribution in [0, 0.1) is 6.92 Å². The summed E-state index contributed by atoms with van der Waals surface area (Å²) in [5.74, 6) is 0.450. The summed E-state index contributed by atoms with van der Waals surface area (Å²) in [4.78, 5) is 17.4. The van der Waals surface area contributed by atoms with Gasteiger partial charge in [-0.15, -0.1) is 0 Å². The number of methoxy groups -OCH3 is 2. The molecule has 0 spiro atoms. The molecule has 3 aromatic rings. The van der Waals surface area contributed by atoms with Crippen LogP contribution in [0.3, 0.4) is 0 Å². The molecule has 1 amide bonds. The van der Waals surface area contributed by atoms with E-state index in [2.05, 4.69) is 4.90 Å². The molecule has 0 unspecified atom stereocenters. The summed E-state index contributed by atoms with van der Waals surface area (Å²) in [6.07, 6.45) is 0. The van der Waals surface area contributed by atoms with Crippen LogP contribution >= 0.6 is 0 Å². The van der Waals surface area contributed by atoms with Crippen LogP contribution in [0.15, 0.2) is 77.7 Å². The average Bonchev–Trinajstić information content (AvgIpc) is 2.92. The summed E-state index contributed by atoms with van der Waals surface area (Å²) in [7, 11) is -1.20. The number of hydrogen-bond acceptors (Lipinski definition) is 6. The Bertz CT molecular complexity index is 1310. The summed E-state index contributed by atoms with van der Waals surface area (Å²) < 4.78 is 39.7. The Morgan fingerprint density at radius 3 is 2.28 bits per heavy atom. The summed E-state index contributed by atoms with van der Waals surface area (Å²) in [5.41, 5.74) is 2.22. The van der Waals surface area contributed by atoms with E-state index in [-0.39, 0.29) is 23.1 Å². The largest absolute Gasteiger partial charge is 0.497 e. The predicted molar refractivity (Wildman–Crippen MR) is 140 cm³/mol. The van der Waals surface area contributed by atoms with Crippen molar-refractivity contribution in [2.24, 2.45) is 0 Å². The van der Waals surface area contributed by atoms with Gasteiger partial charge in [-0.2, -0.15) is 0 Å². The summed E-state index contributed by atoms with van der Waals surface area (Å²) in [6.45, 7) is 3.84. The first-order chi connectivity index (χ1) is 17.3. The second-order valence-corrected chi connectivity index (χ2v) is 10.4. The number of piperazine rings is 1. The minimum Gasteiger partial charge on any atom is -0.497 e. The Labute approximate surface area is 212 Å². The molecule has 0 N–H and O–H groups in total. The van der Waals surface area contributed by atoms with Crippen LogP contribution < -0.4 is 18.7 Å². The van der Waals surface area contributed by atoms with Gasteiger partial charge in [0.15, 0.2) is 0 Å². The van der Waals surface area contributed by atoms with Gasteiger partial charge in [0.25, 0.3) is 10.0 Å². The molecule has 0 aliphatic carbocycles. The zero-order chi connectivity index (χ0) is 25.7. The number of amides is 1. The number of carbonyl (C=O) groups excluding carboxylic acids is 1. The fourth-order valence-corrected chi connectivity index (χ4v) is 5.91. The second-order valence-electron chi connectivity index (χ2n) is 8.57. The smallest absolute Gasteiger partial charge is 0.268 e. The van der Waals surface area contributed by atoms with Gasteiger partial charge < -0.3 is 19.3 Å². The van der Waals surface area contributed by atoms with Crippen LogP contribution in [-0.2, 0) is 14.8 Å². The Kier molecular flexibility index (Phi) is 7.69. The molecule has 9 heteroatoms. The first-order valence-corrected chi connectivity index (χ1v) is 13.2. The number of hydrogen-bond donors (Lipinski definition) is 0. The lowest BCUT2D eigenvalue weighted by molar-refractivity contribution is -0.129. The number of carbonyl (C=O) groups is 1. The Morgan fingerprint density at radius 1 is 0.889 bits per heavy atom. The number of para-hydroxylation sites is 1. The van der Waals surface area contributed by atoms with E-state index in [1.807, 2.05) is 37.3 Å². The maximum atomic E-state index is 13.9. The van der Waals surface area contributed by atoms with Crippen molar-refractivity contribution >= 4 is 27.3 Å². The maximum Gasteiger partial charge on any atom is 0.268 e. The van der Waals surface area contributed by atoms with Gasteiger partial charge in [-0.25, -0.2) is 8.42 Å². The van der Waals surface area contributed by atoms with Crippen LogP contribution in [0.25, 0.3) is 0 Å². The molecule has 36 heavy (non-hydrogen) atoms. The molecule has 3 aromatic carbocycles. The van der Waals surface area contributed by atoms with Crippen LogP contribution in [0.2, 0.25) is 0 Å². The van der Waals surface area contributed by atoms with Crippen molar-refractivity contribution in [2.75, 3.05) is 56.1 Å².